The molecule has 31 heavy (non-hydrogen) atoms. The fourth-order valence-corrected chi connectivity index (χ4v) is 3.16. The molecule has 1 N–H and O–H groups in total. The van der Waals surface area contributed by atoms with Gasteiger partial charge in [-0.05, 0) is 60.2 Å². The van der Waals surface area contributed by atoms with Crippen LogP contribution in [0.5, 0.6) is 23.1 Å². The molecule has 154 valence electrons. The van der Waals surface area contributed by atoms with Gasteiger partial charge in [0.1, 0.15) is 5.75 Å². The van der Waals surface area contributed by atoms with Gasteiger partial charge in [-0.25, -0.2) is 0 Å². The van der Waals surface area contributed by atoms with Crippen LogP contribution >= 0.6 is 0 Å². The number of nitrogens with zero attached hydrogens (tertiary/aromatic N) is 3. The summed E-state index contributed by atoms with van der Waals surface area (Å²) in [6, 6.07) is 20.0. The molecule has 1 aliphatic heterocycles. The summed E-state index contributed by atoms with van der Waals surface area (Å²) >= 11 is 0. The Kier molecular flexibility index (Phi) is 4.94. The maximum absolute atomic E-state index is 12.4. The van der Waals surface area contributed by atoms with Crippen molar-refractivity contribution >= 4 is 11.6 Å². The number of hydrogen-bond acceptors (Lipinski definition) is 6. The van der Waals surface area contributed by atoms with Crippen molar-refractivity contribution in [1.82, 2.24) is 14.8 Å². The van der Waals surface area contributed by atoms with E-state index in [-0.39, 0.29) is 19.1 Å². The molecule has 0 saturated heterocycles. The molecule has 2 aromatic heterocycles. The zero-order valence-electron chi connectivity index (χ0n) is 16.4. The largest absolute Gasteiger partial charge is 0.454 e. The van der Waals surface area contributed by atoms with Gasteiger partial charge in [-0.2, -0.15) is 0 Å². The molecule has 0 atom stereocenters. The van der Waals surface area contributed by atoms with Crippen LogP contribution in [-0.2, 0) is 11.2 Å². The fraction of sp³-hybridized carbons (Fsp3) is 0.0870. The molecule has 1 amide bonds. The molecule has 0 unspecified atom stereocenters. The molecule has 0 spiro atoms. The highest BCUT2D eigenvalue weighted by molar-refractivity contribution is 5.92. The standard InChI is InChI=1S/C23H18N4O4/c28-22(14-16-3-8-19-20(13-16)30-15-29-19)24-17-4-6-18(7-5-17)31-23-10-9-21(25-26-23)27-11-1-2-12-27/h1-13H,14-15H2,(H,24,28). The summed E-state index contributed by atoms with van der Waals surface area (Å²) in [5, 5.41) is 11.1. The average Bonchev–Trinajstić information content (AvgIpc) is 3.47. The smallest absolute Gasteiger partial charge is 0.238 e. The third-order valence-electron chi connectivity index (χ3n) is 4.66. The van der Waals surface area contributed by atoms with E-state index in [4.69, 9.17) is 14.2 Å². The number of benzene rings is 2. The topological polar surface area (TPSA) is 87.5 Å². The third-order valence-corrected chi connectivity index (χ3v) is 4.66. The van der Waals surface area contributed by atoms with E-state index < -0.39 is 0 Å². The third kappa shape index (κ3) is 4.32. The van der Waals surface area contributed by atoms with E-state index >= 15 is 0 Å². The molecule has 3 heterocycles. The Balaban J connectivity index is 1.17. The number of aromatic nitrogens is 3. The summed E-state index contributed by atoms with van der Waals surface area (Å²) in [4.78, 5) is 12.4. The van der Waals surface area contributed by atoms with Crippen LogP contribution in [-0.4, -0.2) is 27.5 Å². The Labute approximate surface area is 178 Å². The molecular formula is C23H18N4O4. The van der Waals surface area contributed by atoms with E-state index in [0.29, 0.717) is 34.6 Å². The summed E-state index contributed by atoms with van der Waals surface area (Å²) in [6.07, 6.45) is 4.02. The van der Waals surface area contributed by atoms with Crippen LogP contribution in [0.3, 0.4) is 0 Å². The zero-order chi connectivity index (χ0) is 21.0. The van der Waals surface area contributed by atoms with Crippen molar-refractivity contribution in [2.24, 2.45) is 0 Å². The van der Waals surface area contributed by atoms with Crippen molar-refractivity contribution < 1.29 is 19.0 Å². The van der Waals surface area contributed by atoms with Gasteiger partial charge in [-0.3, -0.25) is 4.79 Å². The van der Waals surface area contributed by atoms with Crippen LogP contribution in [0.15, 0.2) is 79.1 Å². The summed E-state index contributed by atoms with van der Waals surface area (Å²) in [6.45, 7) is 0.211. The van der Waals surface area contributed by atoms with Gasteiger partial charge in [-0.15, -0.1) is 10.2 Å². The van der Waals surface area contributed by atoms with E-state index in [1.807, 2.05) is 53.4 Å². The van der Waals surface area contributed by atoms with Crippen LogP contribution in [0.4, 0.5) is 5.69 Å². The first-order valence-corrected chi connectivity index (χ1v) is 9.66. The summed E-state index contributed by atoms with van der Waals surface area (Å²) < 4.78 is 18.2. The van der Waals surface area contributed by atoms with Crippen molar-refractivity contribution in [2.75, 3.05) is 12.1 Å². The van der Waals surface area contributed by atoms with Crippen molar-refractivity contribution in [2.45, 2.75) is 6.42 Å². The molecule has 2 aromatic carbocycles. The number of nitrogens with one attached hydrogen (secondary N) is 1. The van der Waals surface area contributed by atoms with E-state index in [1.54, 1.807) is 30.3 Å². The van der Waals surface area contributed by atoms with Gasteiger partial charge in [-0.1, -0.05) is 6.07 Å². The molecule has 0 radical (unpaired) electrons. The highest BCUT2D eigenvalue weighted by atomic mass is 16.7. The Morgan fingerprint density at radius 1 is 0.968 bits per heavy atom. The second kappa shape index (κ2) is 8.19. The summed E-state index contributed by atoms with van der Waals surface area (Å²) in [5.74, 6) is 2.92. The lowest BCUT2D eigenvalue weighted by molar-refractivity contribution is -0.115. The SMILES string of the molecule is O=C(Cc1ccc2c(c1)OCO2)Nc1ccc(Oc2ccc(-n3cccc3)nn2)cc1. The predicted molar refractivity (Wildman–Crippen MR) is 113 cm³/mol. The normalized spacial score (nSPS) is 11.9. The van der Waals surface area contributed by atoms with Crippen molar-refractivity contribution in [3.05, 3.63) is 84.7 Å². The van der Waals surface area contributed by atoms with Crippen LogP contribution in [0.1, 0.15) is 5.56 Å². The number of carbonyl (C=O) groups is 1. The second-order valence-electron chi connectivity index (χ2n) is 6.86. The van der Waals surface area contributed by atoms with Gasteiger partial charge in [0, 0.05) is 24.1 Å². The fourth-order valence-electron chi connectivity index (χ4n) is 3.16. The minimum atomic E-state index is -0.126. The zero-order valence-corrected chi connectivity index (χ0v) is 16.4. The first kappa shape index (κ1) is 18.7. The maximum atomic E-state index is 12.4. The number of hydrogen-bond donors (Lipinski definition) is 1. The second-order valence-corrected chi connectivity index (χ2v) is 6.86. The first-order chi connectivity index (χ1) is 15.2. The Morgan fingerprint density at radius 2 is 1.77 bits per heavy atom. The van der Waals surface area contributed by atoms with Gasteiger partial charge >= 0.3 is 0 Å². The minimum Gasteiger partial charge on any atom is -0.454 e. The minimum absolute atomic E-state index is 0.126. The first-order valence-electron chi connectivity index (χ1n) is 9.66. The molecule has 0 bridgehead atoms. The lowest BCUT2D eigenvalue weighted by Crippen LogP contribution is -2.14. The van der Waals surface area contributed by atoms with Crippen molar-refractivity contribution in [3.63, 3.8) is 0 Å². The van der Waals surface area contributed by atoms with Crippen molar-refractivity contribution in [3.8, 4) is 28.9 Å². The van der Waals surface area contributed by atoms with E-state index in [2.05, 4.69) is 15.5 Å². The van der Waals surface area contributed by atoms with Gasteiger partial charge < -0.3 is 24.1 Å². The van der Waals surface area contributed by atoms with E-state index in [9.17, 15) is 4.79 Å². The van der Waals surface area contributed by atoms with Crippen LogP contribution in [0, 0.1) is 0 Å². The molecule has 4 aromatic rings. The molecule has 0 fully saturated rings. The molecule has 8 nitrogen and oxygen atoms in total. The number of rotatable bonds is 6. The lowest BCUT2D eigenvalue weighted by atomic mass is 10.1. The van der Waals surface area contributed by atoms with E-state index in [0.717, 1.165) is 5.56 Å². The monoisotopic (exact) mass is 414 g/mol. The molecule has 5 rings (SSSR count). The van der Waals surface area contributed by atoms with Crippen LogP contribution in [0.2, 0.25) is 0 Å². The van der Waals surface area contributed by atoms with Gasteiger partial charge in [0.2, 0.25) is 18.6 Å². The van der Waals surface area contributed by atoms with Gasteiger partial charge in [0.05, 0.1) is 6.42 Å². The average molecular weight is 414 g/mol. The molecular weight excluding hydrogens is 396 g/mol. The molecule has 8 heteroatoms. The van der Waals surface area contributed by atoms with Crippen LogP contribution < -0.4 is 19.5 Å². The number of carbonyl (C=O) groups excluding carboxylic acids is 1. The Bertz CT molecular complexity index is 1190. The maximum Gasteiger partial charge on any atom is 0.238 e. The number of amides is 1. The van der Waals surface area contributed by atoms with Crippen LogP contribution in [0.25, 0.3) is 5.82 Å². The Morgan fingerprint density at radius 3 is 2.55 bits per heavy atom. The van der Waals surface area contributed by atoms with Gasteiger partial charge in [0.15, 0.2) is 17.3 Å². The number of ether oxygens (including phenoxy) is 3. The molecule has 0 aliphatic carbocycles. The summed E-state index contributed by atoms with van der Waals surface area (Å²) in [5.41, 5.74) is 1.52. The highest BCUT2D eigenvalue weighted by Crippen LogP contribution is 2.32. The van der Waals surface area contributed by atoms with Crippen molar-refractivity contribution in [1.29, 1.82) is 0 Å². The highest BCUT2D eigenvalue weighted by Gasteiger charge is 2.14. The molecule has 0 saturated carbocycles. The molecule has 1 aliphatic rings. The van der Waals surface area contributed by atoms with Gasteiger partial charge in [0.25, 0.3) is 0 Å². The Hall–Kier alpha value is -4.33. The number of fused-ring (bicyclic) bond motifs is 1. The summed E-state index contributed by atoms with van der Waals surface area (Å²) in [7, 11) is 0. The quantitative estimate of drug-likeness (QED) is 0.514. The van der Waals surface area contributed by atoms with E-state index in [1.165, 1.54) is 0 Å². The number of anilines is 1. The lowest BCUT2D eigenvalue weighted by Gasteiger charge is -2.08. The predicted octanol–water partition coefficient (Wildman–Crippen LogP) is 3.97.